The van der Waals surface area contributed by atoms with Gasteiger partial charge >= 0.3 is 17.4 Å². The third-order valence-corrected chi connectivity index (χ3v) is 17.5. The summed E-state index contributed by atoms with van der Waals surface area (Å²) >= 11 is 0. The van der Waals surface area contributed by atoms with Crippen molar-refractivity contribution >= 4 is 11.9 Å². The molecule has 2 aliphatic heterocycles. The molecule has 4 aromatic heterocycles. The van der Waals surface area contributed by atoms with Gasteiger partial charge in [0.25, 0.3) is 0 Å². The Hall–Kier alpha value is -5.62. The van der Waals surface area contributed by atoms with Crippen LogP contribution in [0.15, 0.2) is 15.9 Å². The summed E-state index contributed by atoms with van der Waals surface area (Å²) in [5.41, 5.74) is -0.416. The van der Waals surface area contributed by atoms with Gasteiger partial charge in [-0.2, -0.15) is 14.0 Å². The number of ether oxygens (including phenoxy) is 5. The van der Waals surface area contributed by atoms with Crippen LogP contribution in [-0.2, 0) is 57.7 Å². The molecule has 4 aromatic rings. The first-order chi connectivity index (χ1) is 49.9. The molecule has 9 rings (SSSR count). The number of piperidine rings is 1. The predicted octanol–water partition coefficient (Wildman–Crippen LogP) is 15.5. The van der Waals surface area contributed by atoms with Crippen molar-refractivity contribution in [2.45, 2.75) is 426 Å². The second-order valence-electron chi connectivity index (χ2n) is 41.1. The van der Waals surface area contributed by atoms with Gasteiger partial charge in [-0.05, 0) is 346 Å². The maximum Gasteiger partial charge on any atom is 0.363 e. The molecule has 650 valence electrons. The molecule has 3 amide bonds. The molecule has 29 nitrogen and oxygen atoms in total. The molecule has 0 spiro atoms. The fraction of sp³-hybridized carbons (Fsp3) is 0.927. The molecule has 5 aliphatic rings. The van der Waals surface area contributed by atoms with Gasteiger partial charge in [0.15, 0.2) is 0 Å². The number of carbonyl (C=O) groups is 2. The van der Waals surface area contributed by atoms with Crippen molar-refractivity contribution in [3.8, 4) is 0 Å². The lowest BCUT2D eigenvalue weighted by atomic mass is 9.91. The van der Waals surface area contributed by atoms with Crippen molar-refractivity contribution in [1.29, 1.82) is 0 Å². The maximum atomic E-state index is 11.3. The summed E-state index contributed by atoms with van der Waals surface area (Å²) in [4.78, 5) is 51.7. The van der Waals surface area contributed by atoms with Crippen molar-refractivity contribution in [3.05, 3.63) is 33.1 Å². The number of carbonyl (C=O) groups excluding carboxylic acids is 2. The van der Waals surface area contributed by atoms with E-state index in [1.54, 1.807) is 58.5 Å². The van der Waals surface area contributed by atoms with Gasteiger partial charge in [-0.1, -0.05) is 40.0 Å². The van der Waals surface area contributed by atoms with E-state index < -0.39 is 0 Å². The van der Waals surface area contributed by atoms with Gasteiger partial charge in [0.05, 0.1) is 75.6 Å². The number of aromatic nitrogens is 16. The molecule has 29 heteroatoms. The molecule has 0 aromatic carbocycles. The van der Waals surface area contributed by atoms with Gasteiger partial charge in [0.1, 0.15) is 12.2 Å². The summed E-state index contributed by atoms with van der Waals surface area (Å²) in [5, 5.41) is 38.4. The largest absolute Gasteiger partial charge is 0.379 e. The minimum Gasteiger partial charge on any atom is -0.379 e. The van der Waals surface area contributed by atoms with E-state index >= 15 is 0 Å². The zero-order chi connectivity index (χ0) is 87.1. The Kier molecular flexibility index (Phi) is 45.3. The molecule has 0 radical (unpaired) electrons. The first-order valence-electron chi connectivity index (χ1n) is 40.6. The molecular formula is C82H168N20O9. The average Bonchev–Trinajstić information content (AvgIpc) is 1.72. The molecule has 1 atom stereocenters. The normalized spacial score (nSPS) is 16.9. The number of aromatic amines is 1. The Morgan fingerprint density at radius 1 is 0.495 bits per heavy atom. The standard InChI is InChI=1S/C12H25NO.C10H20O.C8H18N2O.C8H16O2.C8H16O.C7H15NO.C7H14.C6H12N4O.C6H12N4.C5H10N4O.C5H10N4/c1-10(2)13-8-6-11(7-9-13)14-12(3,4)5;1-10(2,3)11-9-7-5-4-6-8-9;1-8(2,3)10(6)7(11)9(4)5;1-8(2,3)10-7-4-5-9-6-7;1-8(2,3)9-7-5-4-6-7;1-6(9)8(5)7(2,3)4;1-7(2,3)6-4-5-6;1-6(2,3)10-5(11)9(4)7-8-10;1-5-7-8-9-10(5)6(2,3)4;1-5(2,3)9-4(10)6-7-8-9;1-5(2,3)9-4-6-7-8-9/h10-11H,6-9H2,1-5H3;9H,4-8H2,1-3H3;1-6H3;7H,4-6H2,1-3H3;7H,4-6H2,1-3H3;1-5H3;6H,4-5H2,1-3H3;1-4H3;1-4H3;1-3H3,(H,6,8,10);4H,1-3H3. The molecule has 0 bridgehead atoms. The minimum absolute atomic E-state index is 0.00347. The molecule has 111 heavy (non-hydrogen) atoms. The molecule has 3 aliphatic carbocycles. The first-order valence-corrected chi connectivity index (χ1v) is 40.6. The highest BCUT2D eigenvalue weighted by Crippen LogP contribution is 2.44. The zero-order valence-corrected chi connectivity index (χ0v) is 78.7. The highest BCUT2D eigenvalue weighted by molar-refractivity contribution is 5.74. The quantitative estimate of drug-likeness (QED) is 0.194. The van der Waals surface area contributed by atoms with Gasteiger partial charge < -0.3 is 43.3 Å². The number of tetrazole rings is 4. The lowest BCUT2D eigenvalue weighted by Gasteiger charge is -2.37. The van der Waals surface area contributed by atoms with Crippen LogP contribution in [0.1, 0.15) is 339 Å². The molecular weight excluding hydrogens is 1410 g/mol. The number of rotatable bonds is 5. The SMILES string of the molecule is CC(=O)N(C)C(C)(C)C.CC(C)(C)C1CC1.CC(C)(C)OC1CCC1.CC(C)(C)OC1CCCCC1.CC(C)(C)OC1CCOC1.CC(C)(C)n1cnnn1.CC(C)(C)n1nn[nH]c1=O.CC(C)N1CCC(OC(C)(C)C)CC1.CN(C)C(=O)N(C)C(C)(C)C.Cc1nnnn1C(C)(C)C.Cn1nnn(C(C)(C)C)c1=O. The average molecular weight is 1580 g/mol. The smallest absolute Gasteiger partial charge is 0.363 e. The van der Waals surface area contributed by atoms with Crippen LogP contribution in [0, 0.1) is 18.3 Å². The van der Waals surface area contributed by atoms with Crippen molar-refractivity contribution < 1.29 is 33.3 Å². The number of amides is 3. The van der Waals surface area contributed by atoms with Crippen LogP contribution in [-0.4, -0.2) is 230 Å². The third-order valence-electron chi connectivity index (χ3n) is 17.5. The van der Waals surface area contributed by atoms with E-state index in [1.807, 2.05) is 125 Å². The highest BCUT2D eigenvalue weighted by atomic mass is 16.6. The van der Waals surface area contributed by atoms with Gasteiger partial charge in [-0.25, -0.2) is 28.8 Å². The van der Waals surface area contributed by atoms with Gasteiger partial charge in [-0.3, -0.25) is 4.79 Å². The van der Waals surface area contributed by atoms with Crippen LogP contribution < -0.4 is 11.4 Å². The predicted molar refractivity (Wildman–Crippen MR) is 450 cm³/mol. The summed E-state index contributed by atoms with van der Waals surface area (Å²) in [5.74, 6) is 2.02. The summed E-state index contributed by atoms with van der Waals surface area (Å²) < 4.78 is 35.8. The van der Waals surface area contributed by atoms with E-state index in [2.05, 4.69) is 200 Å². The number of nitrogens with zero attached hydrogens (tertiary/aromatic N) is 19. The Morgan fingerprint density at radius 3 is 1.12 bits per heavy atom. The molecule has 2 saturated heterocycles. The zero-order valence-electron chi connectivity index (χ0n) is 78.7. The summed E-state index contributed by atoms with van der Waals surface area (Å²) in [7, 11) is 8.71. The van der Waals surface area contributed by atoms with E-state index in [1.165, 1.54) is 104 Å². The fourth-order valence-electron chi connectivity index (χ4n) is 10.5. The minimum atomic E-state index is -0.288. The van der Waals surface area contributed by atoms with Crippen LogP contribution in [0.25, 0.3) is 0 Å². The Morgan fingerprint density at radius 2 is 0.919 bits per heavy atom. The fourth-order valence-corrected chi connectivity index (χ4v) is 10.5. The van der Waals surface area contributed by atoms with Crippen LogP contribution in [0.5, 0.6) is 0 Å². The van der Waals surface area contributed by atoms with E-state index in [0.29, 0.717) is 35.9 Å². The number of nitrogens with one attached hydrogen (secondary N) is 1. The number of aryl methyl sites for hydroxylation is 2. The molecule has 6 heterocycles. The van der Waals surface area contributed by atoms with E-state index in [-0.39, 0.29) is 79.0 Å². The van der Waals surface area contributed by atoms with E-state index in [0.717, 1.165) is 31.4 Å². The van der Waals surface area contributed by atoms with Crippen molar-refractivity contribution in [2.24, 2.45) is 18.4 Å². The van der Waals surface area contributed by atoms with Crippen molar-refractivity contribution in [1.82, 2.24) is 100 Å². The number of hydrogen-bond donors (Lipinski definition) is 1. The Balaban J connectivity index is 0. The molecule has 1 N–H and O–H groups in total. The highest BCUT2D eigenvalue weighted by Gasteiger charge is 2.34. The van der Waals surface area contributed by atoms with Crippen LogP contribution in [0.3, 0.4) is 0 Å². The summed E-state index contributed by atoms with van der Waals surface area (Å²) in [6.07, 6.45) is 20.5. The number of H-pyrrole nitrogens is 1. The Labute approximate surface area is 673 Å². The third kappa shape index (κ3) is 51.1. The van der Waals surface area contributed by atoms with E-state index in [9.17, 15) is 19.2 Å². The summed E-state index contributed by atoms with van der Waals surface area (Å²) in [6.45, 7) is 80.2. The van der Waals surface area contributed by atoms with Crippen molar-refractivity contribution in [2.75, 3.05) is 54.5 Å². The monoisotopic (exact) mass is 1580 g/mol. The first kappa shape index (κ1) is 107. The maximum absolute atomic E-state index is 11.3. The van der Waals surface area contributed by atoms with Crippen LogP contribution in [0.2, 0.25) is 0 Å². The Bertz CT molecular complexity index is 3210. The van der Waals surface area contributed by atoms with Crippen molar-refractivity contribution in [3.63, 3.8) is 0 Å². The molecule has 5 fully saturated rings. The van der Waals surface area contributed by atoms with Gasteiger partial charge in [0, 0.05) is 79.0 Å². The summed E-state index contributed by atoms with van der Waals surface area (Å²) in [6, 6.07) is 0.725. The van der Waals surface area contributed by atoms with E-state index in [4.69, 9.17) is 23.7 Å². The van der Waals surface area contributed by atoms with Gasteiger partial charge in [-0.15, -0.1) is 10.2 Å². The second kappa shape index (κ2) is 46.8. The number of urea groups is 1. The number of hydrogen-bond acceptors (Lipinski definition) is 20. The van der Waals surface area contributed by atoms with Crippen LogP contribution >= 0.6 is 0 Å². The van der Waals surface area contributed by atoms with Gasteiger partial charge in [0.2, 0.25) is 5.91 Å². The molecule has 1 unspecified atom stereocenters. The second-order valence-corrected chi connectivity index (χ2v) is 41.1. The molecule has 3 saturated carbocycles. The lowest BCUT2D eigenvalue weighted by molar-refractivity contribution is -0.131. The lowest BCUT2D eigenvalue weighted by Crippen LogP contribution is -2.47. The van der Waals surface area contributed by atoms with Crippen LogP contribution in [0.4, 0.5) is 4.79 Å². The topological polar surface area (TPSA) is 297 Å². The number of likely N-dealkylation sites (tertiary alicyclic amines) is 1.